The number of anilines is 1. The summed E-state index contributed by atoms with van der Waals surface area (Å²) in [7, 11) is 0. The Morgan fingerprint density at radius 3 is 2.59 bits per heavy atom. The van der Waals surface area contributed by atoms with Crippen LogP contribution in [0.4, 0.5) is 5.82 Å². The fourth-order valence-electron chi connectivity index (χ4n) is 3.39. The molecule has 2 aromatic carbocycles. The molecular formula is C25H22N6O. The number of benzene rings is 2. The molecule has 0 spiro atoms. The summed E-state index contributed by atoms with van der Waals surface area (Å²) < 4.78 is 1.87. The van der Waals surface area contributed by atoms with Gasteiger partial charge < -0.3 is 10.6 Å². The van der Waals surface area contributed by atoms with E-state index < -0.39 is 0 Å². The number of aromatic nitrogens is 3. The van der Waals surface area contributed by atoms with Crippen LogP contribution in [0.25, 0.3) is 11.1 Å². The smallest absolute Gasteiger partial charge is 0.251 e. The Morgan fingerprint density at radius 1 is 0.969 bits per heavy atom. The van der Waals surface area contributed by atoms with Crippen molar-refractivity contribution in [3.63, 3.8) is 0 Å². The first-order valence-electron chi connectivity index (χ1n) is 10.3. The molecule has 0 saturated carbocycles. The minimum atomic E-state index is -0.149. The number of pyridine rings is 1. The predicted octanol–water partition coefficient (Wildman–Crippen LogP) is 3.71. The molecule has 4 aromatic rings. The van der Waals surface area contributed by atoms with E-state index in [4.69, 9.17) is 5.26 Å². The van der Waals surface area contributed by atoms with Crippen molar-refractivity contribution in [1.29, 1.82) is 5.26 Å². The summed E-state index contributed by atoms with van der Waals surface area (Å²) in [5, 5.41) is 19.4. The van der Waals surface area contributed by atoms with Crippen LogP contribution in [-0.2, 0) is 6.54 Å². The number of nitrogens with zero attached hydrogens (tertiary/aromatic N) is 4. The van der Waals surface area contributed by atoms with E-state index >= 15 is 0 Å². The molecule has 158 valence electrons. The topological polar surface area (TPSA) is 95.6 Å². The maximum absolute atomic E-state index is 12.8. The Kier molecular flexibility index (Phi) is 6.54. The third-order valence-electron chi connectivity index (χ3n) is 4.97. The maximum Gasteiger partial charge on any atom is 0.251 e. The second-order valence-corrected chi connectivity index (χ2v) is 7.14. The maximum atomic E-state index is 12.8. The number of hydrogen-bond acceptors (Lipinski definition) is 5. The molecule has 0 aliphatic rings. The van der Waals surface area contributed by atoms with E-state index in [1.807, 2.05) is 53.3 Å². The predicted molar refractivity (Wildman–Crippen MR) is 123 cm³/mol. The average molecular weight is 422 g/mol. The second-order valence-electron chi connectivity index (χ2n) is 7.14. The summed E-state index contributed by atoms with van der Waals surface area (Å²) in [4.78, 5) is 17.0. The van der Waals surface area contributed by atoms with Gasteiger partial charge in [0.05, 0.1) is 12.1 Å². The molecule has 2 heterocycles. The van der Waals surface area contributed by atoms with Gasteiger partial charge in [0.1, 0.15) is 11.9 Å². The van der Waals surface area contributed by atoms with Gasteiger partial charge in [0.2, 0.25) is 0 Å². The van der Waals surface area contributed by atoms with Gasteiger partial charge >= 0.3 is 0 Å². The van der Waals surface area contributed by atoms with Gasteiger partial charge in [-0.2, -0.15) is 10.4 Å². The lowest BCUT2D eigenvalue weighted by atomic mass is 9.98. The monoisotopic (exact) mass is 422 g/mol. The van der Waals surface area contributed by atoms with Gasteiger partial charge in [0.15, 0.2) is 0 Å². The third-order valence-corrected chi connectivity index (χ3v) is 4.97. The van der Waals surface area contributed by atoms with Crippen LogP contribution in [0.15, 0.2) is 85.3 Å². The molecule has 0 atom stereocenters. The molecule has 32 heavy (non-hydrogen) atoms. The van der Waals surface area contributed by atoms with Crippen molar-refractivity contribution in [2.75, 3.05) is 18.4 Å². The number of hydrogen-bond donors (Lipinski definition) is 2. The molecule has 2 aromatic heterocycles. The minimum Gasteiger partial charge on any atom is -0.367 e. The van der Waals surface area contributed by atoms with Crippen molar-refractivity contribution < 1.29 is 4.79 Å². The Labute approximate surface area is 186 Å². The highest BCUT2D eigenvalue weighted by atomic mass is 16.1. The van der Waals surface area contributed by atoms with Crippen LogP contribution in [0.3, 0.4) is 0 Å². The van der Waals surface area contributed by atoms with Gasteiger partial charge in [-0.1, -0.05) is 42.5 Å². The zero-order valence-corrected chi connectivity index (χ0v) is 17.4. The third kappa shape index (κ3) is 4.99. The van der Waals surface area contributed by atoms with Crippen molar-refractivity contribution in [2.45, 2.75) is 6.54 Å². The Balaban J connectivity index is 1.39. The van der Waals surface area contributed by atoms with Crippen molar-refractivity contribution in [3.05, 3.63) is 102 Å². The van der Waals surface area contributed by atoms with Crippen LogP contribution in [0.2, 0.25) is 0 Å². The highest BCUT2D eigenvalue weighted by Gasteiger charge is 2.12. The van der Waals surface area contributed by atoms with E-state index in [1.165, 1.54) is 0 Å². The Morgan fingerprint density at radius 2 is 1.81 bits per heavy atom. The molecule has 0 aliphatic carbocycles. The van der Waals surface area contributed by atoms with Crippen LogP contribution in [-0.4, -0.2) is 33.8 Å². The molecule has 1 amide bonds. The van der Waals surface area contributed by atoms with Crippen molar-refractivity contribution >= 4 is 11.7 Å². The summed E-state index contributed by atoms with van der Waals surface area (Å²) in [6, 6.07) is 23.1. The van der Waals surface area contributed by atoms with Gasteiger partial charge in [-0.05, 0) is 41.0 Å². The number of carbonyl (C=O) groups is 1. The number of amides is 1. The van der Waals surface area contributed by atoms with E-state index in [-0.39, 0.29) is 5.91 Å². The number of rotatable bonds is 8. The summed E-state index contributed by atoms with van der Waals surface area (Å²) in [6.07, 6.45) is 5.31. The van der Waals surface area contributed by atoms with E-state index in [0.717, 1.165) is 16.7 Å². The zero-order valence-electron chi connectivity index (χ0n) is 17.4. The second kappa shape index (κ2) is 10.0. The summed E-state index contributed by atoms with van der Waals surface area (Å²) in [6.45, 7) is 1.56. The normalized spacial score (nSPS) is 10.3. The molecule has 7 heteroatoms. The van der Waals surface area contributed by atoms with Gasteiger partial charge in [-0.15, -0.1) is 0 Å². The van der Waals surface area contributed by atoms with Crippen molar-refractivity contribution in [3.8, 4) is 17.2 Å². The summed E-state index contributed by atoms with van der Waals surface area (Å²) in [5.41, 5.74) is 4.07. The molecule has 0 saturated heterocycles. The molecule has 0 fully saturated rings. The van der Waals surface area contributed by atoms with Crippen molar-refractivity contribution in [1.82, 2.24) is 20.1 Å². The molecule has 0 aliphatic heterocycles. The number of nitrogens with one attached hydrogen (secondary N) is 2. The van der Waals surface area contributed by atoms with E-state index in [0.29, 0.717) is 36.6 Å². The van der Waals surface area contributed by atoms with Gasteiger partial charge in [-0.25, -0.2) is 4.98 Å². The lowest BCUT2D eigenvalue weighted by molar-refractivity contribution is 0.0956. The quantitative estimate of drug-likeness (QED) is 0.422. The lowest BCUT2D eigenvalue weighted by Gasteiger charge is -2.12. The zero-order chi connectivity index (χ0) is 22.2. The average Bonchev–Trinajstić information content (AvgIpc) is 3.35. The first kappa shape index (κ1) is 20.8. The fraction of sp³-hybridized carbons (Fsp3) is 0.120. The van der Waals surface area contributed by atoms with Crippen molar-refractivity contribution in [2.24, 2.45) is 0 Å². The van der Waals surface area contributed by atoms with Crippen LogP contribution in [0.5, 0.6) is 0 Å². The van der Waals surface area contributed by atoms with Crippen LogP contribution >= 0.6 is 0 Å². The molecule has 0 radical (unpaired) electrons. The van der Waals surface area contributed by atoms with E-state index in [9.17, 15) is 4.79 Å². The fourth-order valence-corrected chi connectivity index (χ4v) is 3.39. The SMILES string of the molecule is N#Cc1cccnc1NCCNC(=O)c1ccccc1-c1ccc(Cn2cccn2)cc1. The molecule has 4 rings (SSSR count). The highest BCUT2D eigenvalue weighted by molar-refractivity contribution is 6.00. The lowest BCUT2D eigenvalue weighted by Crippen LogP contribution is -2.29. The standard InChI is InChI=1S/C25H22N6O/c26-17-21-5-3-12-27-24(21)28-14-15-29-25(32)23-7-2-1-6-22(23)20-10-8-19(9-11-20)18-31-16-4-13-30-31/h1-13,16H,14-15,18H2,(H,27,28)(H,29,32). The largest absolute Gasteiger partial charge is 0.367 e. The highest BCUT2D eigenvalue weighted by Crippen LogP contribution is 2.24. The molecule has 7 nitrogen and oxygen atoms in total. The summed E-state index contributed by atoms with van der Waals surface area (Å²) in [5.74, 6) is 0.365. The van der Waals surface area contributed by atoms with Crippen LogP contribution in [0.1, 0.15) is 21.5 Å². The summed E-state index contributed by atoms with van der Waals surface area (Å²) >= 11 is 0. The minimum absolute atomic E-state index is 0.149. The van der Waals surface area contributed by atoms with Crippen LogP contribution < -0.4 is 10.6 Å². The van der Waals surface area contributed by atoms with Gasteiger partial charge in [0, 0.05) is 37.2 Å². The van der Waals surface area contributed by atoms with Crippen LogP contribution in [0, 0.1) is 11.3 Å². The Hall–Kier alpha value is -4.44. The first-order chi connectivity index (χ1) is 15.7. The number of carbonyl (C=O) groups excluding carboxylic acids is 1. The van der Waals surface area contributed by atoms with E-state index in [2.05, 4.69) is 38.9 Å². The molecule has 0 unspecified atom stereocenters. The first-order valence-corrected chi connectivity index (χ1v) is 10.3. The molecular weight excluding hydrogens is 400 g/mol. The van der Waals surface area contributed by atoms with Gasteiger partial charge in [0.25, 0.3) is 5.91 Å². The molecule has 2 N–H and O–H groups in total. The Bertz CT molecular complexity index is 1230. The molecule has 0 bridgehead atoms. The van der Waals surface area contributed by atoms with E-state index in [1.54, 1.807) is 24.5 Å². The number of nitriles is 1. The van der Waals surface area contributed by atoms with Gasteiger partial charge in [-0.3, -0.25) is 9.48 Å².